The van der Waals surface area contributed by atoms with Crippen LogP contribution in [-0.2, 0) is 16.4 Å². The summed E-state index contributed by atoms with van der Waals surface area (Å²) in [4.78, 5) is 18.8. The standard InChI is InChI=1S/C27H33N3O3S/c1-17-7-6-8-23(19(17)3)29-9-11-30(12-10-29)34(32,33)25-14-21-20(13-18(25)2)26-22(28-21)15-27(4,5)16-24(26)31/h6-8,13-14,28H,9-12,15-16H2,1-5H3. The third-order valence-electron chi connectivity index (χ3n) is 7.52. The van der Waals surface area contributed by atoms with Crippen LogP contribution < -0.4 is 4.90 Å². The van der Waals surface area contributed by atoms with Gasteiger partial charge in [-0.1, -0.05) is 26.0 Å². The number of aryl methyl sites for hydroxylation is 2. The summed E-state index contributed by atoms with van der Waals surface area (Å²) in [5, 5.41) is 0.840. The van der Waals surface area contributed by atoms with E-state index in [1.54, 1.807) is 10.4 Å². The third-order valence-corrected chi connectivity index (χ3v) is 9.56. The van der Waals surface area contributed by atoms with Crippen LogP contribution in [0.5, 0.6) is 0 Å². The van der Waals surface area contributed by atoms with E-state index >= 15 is 0 Å². The molecule has 5 rings (SSSR count). The van der Waals surface area contributed by atoms with Crippen molar-refractivity contribution < 1.29 is 13.2 Å². The van der Waals surface area contributed by atoms with Gasteiger partial charge in [0.15, 0.2) is 5.78 Å². The van der Waals surface area contributed by atoms with Crippen LogP contribution in [-0.4, -0.2) is 49.7 Å². The molecule has 0 unspecified atom stereocenters. The minimum atomic E-state index is -3.64. The van der Waals surface area contributed by atoms with Gasteiger partial charge in [0.2, 0.25) is 10.0 Å². The summed E-state index contributed by atoms with van der Waals surface area (Å²) in [5.74, 6) is 0.134. The van der Waals surface area contributed by atoms with E-state index in [0.717, 1.165) is 28.6 Å². The highest BCUT2D eigenvalue weighted by atomic mass is 32.2. The summed E-state index contributed by atoms with van der Waals surface area (Å²) < 4.78 is 28.9. The Hall–Kier alpha value is -2.64. The van der Waals surface area contributed by atoms with Crippen molar-refractivity contribution in [1.82, 2.24) is 9.29 Å². The number of Topliss-reactive ketones (excluding diaryl/α,β-unsaturated/α-hetero) is 1. The molecule has 0 amide bonds. The first kappa shape index (κ1) is 23.1. The SMILES string of the molecule is Cc1cc2c3c([nH]c2cc1S(=O)(=O)N1CCN(c2cccc(C)c2C)CC1)CC(C)(C)CC3=O. The van der Waals surface area contributed by atoms with Crippen LogP contribution in [0.15, 0.2) is 35.2 Å². The number of H-pyrrole nitrogens is 1. The fraction of sp³-hybridized carbons (Fsp3) is 0.444. The zero-order chi connectivity index (χ0) is 24.4. The highest BCUT2D eigenvalue weighted by Crippen LogP contribution is 2.39. The molecule has 1 N–H and O–H groups in total. The fourth-order valence-corrected chi connectivity index (χ4v) is 7.22. The largest absolute Gasteiger partial charge is 0.369 e. The van der Waals surface area contributed by atoms with Crippen molar-refractivity contribution in [3.8, 4) is 0 Å². The second kappa shape index (κ2) is 7.95. The van der Waals surface area contributed by atoms with Crippen molar-refractivity contribution >= 4 is 32.4 Å². The van der Waals surface area contributed by atoms with Gasteiger partial charge in [-0.15, -0.1) is 0 Å². The number of carbonyl (C=O) groups is 1. The van der Waals surface area contributed by atoms with Crippen LogP contribution in [0.4, 0.5) is 5.69 Å². The van der Waals surface area contributed by atoms with E-state index in [4.69, 9.17) is 0 Å². The number of aromatic nitrogens is 1. The summed E-state index contributed by atoms with van der Waals surface area (Å²) >= 11 is 0. The van der Waals surface area contributed by atoms with Crippen LogP contribution in [0.1, 0.15) is 53.0 Å². The number of hydrogen-bond acceptors (Lipinski definition) is 4. The molecule has 2 aromatic carbocycles. The first-order chi connectivity index (χ1) is 16.0. The van der Waals surface area contributed by atoms with Gasteiger partial charge >= 0.3 is 0 Å². The molecule has 2 heterocycles. The van der Waals surface area contributed by atoms with E-state index < -0.39 is 10.0 Å². The number of hydrogen-bond donors (Lipinski definition) is 1. The first-order valence-electron chi connectivity index (χ1n) is 12.0. The number of anilines is 1. The van der Waals surface area contributed by atoms with Gasteiger partial charge in [-0.2, -0.15) is 4.31 Å². The Morgan fingerprint density at radius 1 is 0.941 bits per heavy atom. The number of benzene rings is 2. The van der Waals surface area contributed by atoms with E-state index in [1.807, 2.05) is 13.0 Å². The molecular formula is C27H33N3O3S. The highest BCUT2D eigenvalue weighted by Gasteiger charge is 2.35. The maximum atomic E-state index is 13.7. The van der Waals surface area contributed by atoms with E-state index in [9.17, 15) is 13.2 Å². The van der Waals surface area contributed by atoms with Crippen LogP contribution in [0.25, 0.3) is 10.9 Å². The lowest BCUT2D eigenvalue weighted by Gasteiger charge is -2.36. The first-order valence-corrected chi connectivity index (χ1v) is 13.4. The molecule has 0 bridgehead atoms. The van der Waals surface area contributed by atoms with E-state index in [0.29, 0.717) is 43.1 Å². The van der Waals surface area contributed by atoms with Gasteiger partial charge in [0.05, 0.1) is 4.90 Å². The molecule has 1 aromatic heterocycles. The average molecular weight is 480 g/mol. The maximum Gasteiger partial charge on any atom is 0.243 e. The summed E-state index contributed by atoms with van der Waals surface area (Å²) in [5.41, 5.74) is 6.65. The number of ketones is 1. The quantitative estimate of drug-likeness (QED) is 0.588. The Labute approximate surface area is 202 Å². The second-order valence-electron chi connectivity index (χ2n) is 10.7. The Bertz CT molecular complexity index is 1410. The number of rotatable bonds is 3. The molecule has 0 atom stereocenters. The minimum absolute atomic E-state index is 0.0930. The van der Waals surface area contributed by atoms with Crippen molar-refractivity contribution in [1.29, 1.82) is 0 Å². The summed E-state index contributed by atoms with van der Waals surface area (Å²) in [6.07, 6.45) is 1.29. The molecule has 1 fully saturated rings. The molecule has 34 heavy (non-hydrogen) atoms. The lowest BCUT2D eigenvalue weighted by Crippen LogP contribution is -2.49. The molecule has 0 radical (unpaired) electrons. The number of piperazine rings is 1. The van der Waals surface area contributed by atoms with Crippen LogP contribution in [0.2, 0.25) is 0 Å². The Kier molecular flexibility index (Phi) is 5.41. The lowest BCUT2D eigenvalue weighted by atomic mass is 9.76. The lowest BCUT2D eigenvalue weighted by molar-refractivity contribution is 0.0913. The molecule has 0 saturated carbocycles. The molecule has 180 valence electrons. The maximum absolute atomic E-state index is 13.7. The zero-order valence-corrected chi connectivity index (χ0v) is 21.5. The molecule has 1 aliphatic heterocycles. The van der Waals surface area contributed by atoms with E-state index in [2.05, 4.69) is 55.8 Å². The highest BCUT2D eigenvalue weighted by molar-refractivity contribution is 7.89. The number of carbonyl (C=O) groups excluding carboxylic acids is 1. The Morgan fingerprint density at radius 2 is 1.65 bits per heavy atom. The van der Waals surface area contributed by atoms with E-state index in [1.165, 1.54) is 16.8 Å². The molecule has 1 aliphatic carbocycles. The van der Waals surface area contributed by atoms with Gasteiger partial charge in [-0.05, 0) is 67.5 Å². The fourth-order valence-electron chi connectivity index (χ4n) is 5.57. The predicted molar refractivity (Wildman–Crippen MR) is 136 cm³/mol. The Balaban J connectivity index is 1.44. The van der Waals surface area contributed by atoms with Crippen LogP contribution >= 0.6 is 0 Å². The third kappa shape index (κ3) is 3.75. The van der Waals surface area contributed by atoms with Gasteiger partial charge in [0, 0.05) is 60.4 Å². The smallest absolute Gasteiger partial charge is 0.243 e. The van der Waals surface area contributed by atoms with Crippen LogP contribution in [0, 0.1) is 26.2 Å². The van der Waals surface area contributed by atoms with Crippen molar-refractivity contribution in [3.05, 3.63) is 58.3 Å². The second-order valence-corrected chi connectivity index (χ2v) is 12.6. The molecule has 1 saturated heterocycles. The number of nitrogens with zero attached hydrogens (tertiary/aromatic N) is 2. The predicted octanol–water partition coefficient (Wildman–Crippen LogP) is 4.76. The monoisotopic (exact) mass is 479 g/mol. The number of aromatic amines is 1. The topological polar surface area (TPSA) is 73.5 Å². The number of fused-ring (bicyclic) bond motifs is 3. The van der Waals surface area contributed by atoms with Gasteiger partial charge in [-0.25, -0.2) is 8.42 Å². The molecule has 6 nitrogen and oxygen atoms in total. The number of sulfonamides is 1. The molecular weight excluding hydrogens is 446 g/mol. The zero-order valence-electron chi connectivity index (χ0n) is 20.7. The van der Waals surface area contributed by atoms with Crippen molar-refractivity contribution in [2.24, 2.45) is 5.41 Å². The van der Waals surface area contributed by atoms with Gasteiger partial charge in [0.1, 0.15) is 0 Å². The number of nitrogens with one attached hydrogen (secondary N) is 1. The minimum Gasteiger partial charge on any atom is -0.369 e. The average Bonchev–Trinajstić information content (AvgIpc) is 3.11. The molecule has 3 aromatic rings. The van der Waals surface area contributed by atoms with Crippen molar-refractivity contribution in [2.45, 2.75) is 52.4 Å². The van der Waals surface area contributed by atoms with Crippen molar-refractivity contribution in [3.63, 3.8) is 0 Å². The van der Waals surface area contributed by atoms with Crippen molar-refractivity contribution in [2.75, 3.05) is 31.1 Å². The summed E-state index contributed by atoms with van der Waals surface area (Å²) in [6, 6.07) is 9.88. The summed E-state index contributed by atoms with van der Waals surface area (Å²) in [7, 11) is -3.64. The Morgan fingerprint density at radius 3 is 2.35 bits per heavy atom. The summed E-state index contributed by atoms with van der Waals surface area (Å²) in [6.45, 7) is 12.4. The molecule has 2 aliphatic rings. The molecule has 7 heteroatoms. The van der Waals surface area contributed by atoms with Gasteiger partial charge in [0.25, 0.3) is 0 Å². The normalized spacial score (nSPS) is 19.0. The molecule has 0 spiro atoms. The van der Waals surface area contributed by atoms with Gasteiger partial charge < -0.3 is 9.88 Å². The van der Waals surface area contributed by atoms with E-state index in [-0.39, 0.29) is 11.2 Å². The van der Waals surface area contributed by atoms with Crippen LogP contribution in [0.3, 0.4) is 0 Å². The van der Waals surface area contributed by atoms with Gasteiger partial charge in [-0.3, -0.25) is 4.79 Å².